The molecule has 19 heavy (non-hydrogen) atoms. The summed E-state index contributed by atoms with van der Waals surface area (Å²) in [5.74, 6) is 2.10. The molecular weight excluding hydrogens is 256 g/mol. The molecule has 0 unspecified atom stereocenters. The molecule has 0 fully saturated rings. The monoisotopic (exact) mass is 284 g/mol. The van der Waals surface area contributed by atoms with Crippen LogP contribution in [0.5, 0.6) is 0 Å². The largest absolute Gasteiger partial charge is 0.329 e. The fraction of sp³-hybridized carbons (Fsp3) is 0.857. The van der Waals surface area contributed by atoms with Crippen LogP contribution < -0.4 is 5.73 Å². The molecule has 2 N–H and O–H groups in total. The van der Waals surface area contributed by atoms with Gasteiger partial charge in [-0.15, -0.1) is 10.2 Å². The van der Waals surface area contributed by atoms with Crippen molar-refractivity contribution in [2.45, 2.75) is 70.5 Å². The molecule has 0 amide bonds. The molecule has 0 aromatic carbocycles. The molecule has 110 valence electrons. The van der Waals surface area contributed by atoms with Crippen LogP contribution >= 0.6 is 11.8 Å². The molecule has 5 heteroatoms. The fourth-order valence-corrected chi connectivity index (χ4v) is 3.09. The molecule has 1 heterocycles. The first-order chi connectivity index (χ1) is 9.29. The lowest BCUT2D eigenvalue weighted by molar-refractivity contribution is 0.602. The van der Waals surface area contributed by atoms with E-state index in [1.54, 1.807) is 0 Å². The SMILES string of the molecule is CCCCCCCCCSc1nnc(C)n1CCN. The van der Waals surface area contributed by atoms with Gasteiger partial charge in [-0.1, -0.05) is 57.2 Å². The van der Waals surface area contributed by atoms with E-state index in [1.807, 2.05) is 18.7 Å². The van der Waals surface area contributed by atoms with E-state index in [-0.39, 0.29) is 0 Å². The van der Waals surface area contributed by atoms with Crippen LogP contribution in [0.3, 0.4) is 0 Å². The van der Waals surface area contributed by atoms with Crippen molar-refractivity contribution in [1.29, 1.82) is 0 Å². The van der Waals surface area contributed by atoms with E-state index < -0.39 is 0 Å². The first kappa shape index (κ1) is 16.5. The average Bonchev–Trinajstić information content (AvgIpc) is 2.75. The van der Waals surface area contributed by atoms with Crippen molar-refractivity contribution in [3.05, 3.63) is 5.82 Å². The molecule has 0 aliphatic heterocycles. The van der Waals surface area contributed by atoms with Crippen LogP contribution in [0.1, 0.15) is 57.7 Å². The Morgan fingerprint density at radius 3 is 2.42 bits per heavy atom. The van der Waals surface area contributed by atoms with Gasteiger partial charge in [0.2, 0.25) is 0 Å². The van der Waals surface area contributed by atoms with Crippen molar-refractivity contribution in [2.75, 3.05) is 12.3 Å². The standard InChI is InChI=1S/C14H28N4S/c1-3-4-5-6-7-8-9-12-19-14-17-16-13(2)18(14)11-10-15/h3-12,15H2,1-2H3. The Morgan fingerprint density at radius 2 is 1.74 bits per heavy atom. The number of nitrogens with zero attached hydrogens (tertiary/aromatic N) is 3. The third kappa shape index (κ3) is 6.43. The van der Waals surface area contributed by atoms with Crippen LogP contribution in [0.4, 0.5) is 0 Å². The van der Waals surface area contributed by atoms with Gasteiger partial charge in [-0.05, 0) is 13.3 Å². The van der Waals surface area contributed by atoms with E-state index in [0.29, 0.717) is 6.54 Å². The summed E-state index contributed by atoms with van der Waals surface area (Å²) in [5.41, 5.74) is 5.61. The van der Waals surface area contributed by atoms with Crippen molar-refractivity contribution >= 4 is 11.8 Å². The summed E-state index contributed by atoms with van der Waals surface area (Å²) in [7, 11) is 0. The predicted molar refractivity (Wildman–Crippen MR) is 82.5 cm³/mol. The van der Waals surface area contributed by atoms with E-state index in [4.69, 9.17) is 5.73 Å². The van der Waals surface area contributed by atoms with Crippen LogP contribution in [0, 0.1) is 6.92 Å². The summed E-state index contributed by atoms with van der Waals surface area (Å²) in [5, 5.41) is 9.36. The zero-order chi connectivity index (χ0) is 13.9. The Hall–Kier alpha value is -0.550. The van der Waals surface area contributed by atoms with Crippen LogP contribution in [0.15, 0.2) is 5.16 Å². The molecule has 0 aliphatic carbocycles. The average molecular weight is 284 g/mol. The van der Waals surface area contributed by atoms with Crippen molar-refractivity contribution in [1.82, 2.24) is 14.8 Å². The van der Waals surface area contributed by atoms with E-state index >= 15 is 0 Å². The quantitative estimate of drug-likeness (QED) is 0.500. The lowest BCUT2D eigenvalue weighted by atomic mass is 10.1. The van der Waals surface area contributed by atoms with Crippen molar-refractivity contribution in [2.24, 2.45) is 5.73 Å². The van der Waals surface area contributed by atoms with Gasteiger partial charge in [0.15, 0.2) is 5.16 Å². The minimum Gasteiger partial charge on any atom is -0.329 e. The van der Waals surface area contributed by atoms with Gasteiger partial charge in [0.1, 0.15) is 5.82 Å². The maximum Gasteiger partial charge on any atom is 0.191 e. The summed E-state index contributed by atoms with van der Waals surface area (Å²) in [6.07, 6.45) is 9.47. The van der Waals surface area contributed by atoms with E-state index in [9.17, 15) is 0 Å². The Bertz CT molecular complexity index is 338. The van der Waals surface area contributed by atoms with Crippen LogP contribution in [0.25, 0.3) is 0 Å². The zero-order valence-corrected chi connectivity index (χ0v) is 13.2. The molecule has 0 atom stereocenters. The molecule has 1 aromatic rings. The molecule has 0 radical (unpaired) electrons. The summed E-state index contributed by atoms with van der Waals surface area (Å²) in [6, 6.07) is 0. The Kier molecular flexibility index (Phi) is 8.91. The second kappa shape index (κ2) is 10.3. The number of nitrogens with two attached hydrogens (primary N) is 1. The third-order valence-corrected chi connectivity index (χ3v) is 4.29. The number of aromatic nitrogens is 3. The number of aryl methyl sites for hydroxylation is 1. The molecule has 0 bridgehead atoms. The van der Waals surface area contributed by atoms with Gasteiger partial charge in [-0.3, -0.25) is 0 Å². The van der Waals surface area contributed by atoms with Gasteiger partial charge >= 0.3 is 0 Å². The lowest BCUT2D eigenvalue weighted by Gasteiger charge is -2.06. The van der Waals surface area contributed by atoms with Crippen LogP contribution in [-0.4, -0.2) is 27.1 Å². The highest BCUT2D eigenvalue weighted by molar-refractivity contribution is 7.99. The maximum atomic E-state index is 5.61. The molecule has 1 rings (SSSR count). The number of hydrogen-bond acceptors (Lipinski definition) is 4. The minimum atomic E-state index is 0.643. The normalized spacial score (nSPS) is 11.1. The van der Waals surface area contributed by atoms with E-state index in [1.165, 1.54) is 44.9 Å². The molecule has 0 saturated heterocycles. The lowest BCUT2D eigenvalue weighted by Crippen LogP contribution is -2.12. The van der Waals surface area contributed by atoms with E-state index in [0.717, 1.165) is 23.3 Å². The summed E-state index contributed by atoms with van der Waals surface area (Å²) >= 11 is 1.81. The van der Waals surface area contributed by atoms with Crippen LogP contribution in [-0.2, 0) is 6.54 Å². The second-order valence-corrected chi connectivity index (χ2v) is 6.00. The number of rotatable bonds is 11. The minimum absolute atomic E-state index is 0.643. The molecule has 0 aliphatic rings. The number of unbranched alkanes of at least 4 members (excludes halogenated alkanes) is 6. The van der Waals surface area contributed by atoms with Crippen molar-refractivity contribution in [3.63, 3.8) is 0 Å². The molecule has 4 nitrogen and oxygen atoms in total. The van der Waals surface area contributed by atoms with Gasteiger partial charge in [0, 0.05) is 18.8 Å². The first-order valence-corrected chi connectivity index (χ1v) is 8.50. The van der Waals surface area contributed by atoms with Gasteiger partial charge < -0.3 is 10.3 Å². The van der Waals surface area contributed by atoms with Crippen molar-refractivity contribution in [3.8, 4) is 0 Å². The van der Waals surface area contributed by atoms with E-state index in [2.05, 4.69) is 21.7 Å². The highest BCUT2D eigenvalue weighted by Gasteiger charge is 2.07. The molecule has 0 spiro atoms. The van der Waals surface area contributed by atoms with Crippen LogP contribution in [0.2, 0.25) is 0 Å². The Labute approximate surface area is 121 Å². The molecule has 1 aromatic heterocycles. The second-order valence-electron chi connectivity index (χ2n) is 4.94. The van der Waals surface area contributed by atoms with Gasteiger partial charge in [-0.2, -0.15) is 0 Å². The highest BCUT2D eigenvalue weighted by atomic mass is 32.2. The fourth-order valence-electron chi connectivity index (χ4n) is 2.08. The topological polar surface area (TPSA) is 56.7 Å². The van der Waals surface area contributed by atoms with Gasteiger partial charge in [-0.25, -0.2) is 0 Å². The summed E-state index contributed by atoms with van der Waals surface area (Å²) in [4.78, 5) is 0. The molecular formula is C14H28N4S. The highest BCUT2D eigenvalue weighted by Crippen LogP contribution is 2.19. The van der Waals surface area contributed by atoms with Gasteiger partial charge in [0.25, 0.3) is 0 Å². The van der Waals surface area contributed by atoms with Crippen molar-refractivity contribution < 1.29 is 0 Å². The smallest absolute Gasteiger partial charge is 0.191 e. The summed E-state index contributed by atoms with van der Waals surface area (Å²) in [6.45, 7) is 5.71. The Morgan fingerprint density at radius 1 is 1.05 bits per heavy atom. The predicted octanol–water partition coefficient (Wildman–Crippen LogP) is 3.39. The number of thioether (sulfide) groups is 1. The maximum absolute atomic E-state index is 5.61. The molecule has 0 saturated carbocycles. The summed E-state index contributed by atoms with van der Waals surface area (Å²) < 4.78 is 2.12. The zero-order valence-electron chi connectivity index (χ0n) is 12.4. The first-order valence-electron chi connectivity index (χ1n) is 7.52. The Balaban J connectivity index is 2.12. The van der Waals surface area contributed by atoms with Gasteiger partial charge in [0.05, 0.1) is 0 Å². The number of hydrogen-bond donors (Lipinski definition) is 1. The third-order valence-electron chi connectivity index (χ3n) is 3.23.